The zero-order valence-corrected chi connectivity index (χ0v) is 10.1. The molecule has 0 bridgehead atoms. The lowest BCUT2D eigenvalue weighted by Crippen LogP contribution is -1.95. The molecule has 15 heavy (non-hydrogen) atoms. The van der Waals surface area contributed by atoms with Gasteiger partial charge in [-0.15, -0.1) is 0 Å². The lowest BCUT2D eigenvalue weighted by Gasteiger charge is -2.11. The number of benzene rings is 1. The third-order valence-corrected chi connectivity index (χ3v) is 3.08. The predicted octanol–water partition coefficient (Wildman–Crippen LogP) is 4.00. The van der Waals surface area contributed by atoms with Crippen LogP contribution >= 0.6 is 15.9 Å². The van der Waals surface area contributed by atoms with Gasteiger partial charge in [0, 0.05) is 22.8 Å². The van der Waals surface area contributed by atoms with Crippen LogP contribution in [-0.2, 0) is 0 Å². The minimum Gasteiger partial charge on any atom is -0.264 e. The second-order valence-electron chi connectivity index (χ2n) is 3.56. The van der Waals surface area contributed by atoms with E-state index in [0.29, 0.717) is 5.92 Å². The Balaban J connectivity index is 2.29. The first-order valence-electron chi connectivity index (χ1n) is 4.93. The summed E-state index contributed by atoms with van der Waals surface area (Å²) in [5.74, 6) is 0.395. The first-order chi connectivity index (χ1) is 7.27. The van der Waals surface area contributed by atoms with Crippen LogP contribution in [0.5, 0.6) is 0 Å². The fourth-order valence-electron chi connectivity index (χ4n) is 1.58. The van der Waals surface area contributed by atoms with Crippen molar-refractivity contribution in [1.82, 2.24) is 4.98 Å². The molecule has 0 radical (unpaired) electrons. The Kier molecular flexibility index (Phi) is 3.17. The maximum Gasteiger partial charge on any atom is 0.0305 e. The number of nitrogens with zero attached hydrogens (tertiary/aromatic N) is 1. The molecular weight excluding hydrogens is 250 g/mol. The summed E-state index contributed by atoms with van der Waals surface area (Å²) in [6.07, 6.45) is 3.73. The predicted molar refractivity (Wildman–Crippen MR) is 65.9 cm³/mol. The Morgan fingerprint density at radius 1 is 1.07 bits per heavy atom. The van der Waals surface area contributed by atoms with Gasteiger partial charge in [0.15, 0.2) is 0 Å². The molecule has 1 heterocycles. The summed E-state index contributed by atoms with van der Waals surface area (Å²) in [7, 11) is 0. The summed E-state index contributed by atoms with van der Waals surface area (Å²) >= 11 is 3.44. The lowest BCUT2D eigenvalue weighted by atomic mass is 9.95. The van der Waals surface area contributed by atoms with Crippen LogP contribution in [0.2, 0.25) is 0 Å². The van der Waals surface area contributed by atoms with E-state index in [0.717, 1.165) is 4.47 Å². The minimum absolute atomic E-state index is 0.395. The minimum atomic E-state index is 0.395. The lowest BCUT2D eigenvalue weighted by molar-refractivity contribution is 0.911. The van der Waals surface area contributed by atoms with E-state index in [1.54, 1.807) is 6.20 Å². The standard InChI is InChI=1S/C13H12BrN/c1-10(12-3-2-8-15-9-12)11-4-6-13(14)7-5-11/h2-10H,1H3. The fraction of sp³-hybridized carbons (Fsp3) is 0.154. The molecule has 1 unspecified atom stereocenters. The Labute approximate surface area is 98.3 Å². The number of pyridine rings is 1. The molecule has 2 rings (SSSR count). The summed E-state index contributed by atoms with van der Waals surface area (Å²) in [5, 5.41) is 0. The molecule has 0 saturated heterocycles. The topological polar surface area (TPSA) is 12.9 Å². The molecule has 0 aliphatic carbocycles. The van der Waals surface area contributed by atoms with Crippen molar-refractivity contribution in [3.8, 4) is 0 Å². The van der Waals surface area contributed by atoms with Crippen molar-refractivity contribution in [1.29, 1.82) is 0 Å². The number of rotatable bonds is 2. The molecule has 0 aliphatic heterocycles. The summed E-state index contributed by atoms with van der Waals surface area (Å²) in [4.78, 5) is 4.14. The fourth-order valence-corrected chi connectivity index (χ4v) is 1.84. The van der Waals surface area contributed by atoms with Gasteiger partial charge in [-0.2, -0.15) is 0 Å². The average Bonchev–Trinajstić information content (AvgIpc) is 2.30. The van der Waals surface area contributed by atoms with Crippen molar-refractivity contribution in [2.75, 3.05) is 0 Å². The van der Waals surface area contributed by atoms with E-state index in [9.17, 15) is 0 Å². The van der Waals surface area contributed by atoms with Gasteiger partial charge < -0.3 is 0 Å². The normalized spacial score (nSPS) is 12.4. The first kappa shape index (κ1) is 10.4. The van der Waals surface area contributed by atoms with Crippen LogP contribution in [0.4, 0.5) is 0 Å². The van der Waals surface area contributed by atoms with Crippen molar-refractivity contribution in [2.24, 2.45) is 0 Å². The zero-order valence-electron chi connectivity index (χ0n) is 8.52. The smallest absolute Gasteiger partial charge is 0.0305 e. The van der Waals surface area contributed by atoms with Gasteiger partial charge in [0.05, 0.1) is 0 Å². The van der Waals surface area contributed by atoms with Crippen LogP contribution in [0, 0.1) is 0 Å². The van der Waals surface area contributed by atoms with Crippen LogP contribution in [0.15, 0.2) is 53.3 Å². The van der Waals surface area contributed by atoms with Gasteiger partial charge in [-0.05, 0) is 29.3 Å². The van der Waals surface area contributed by atoms with Crippen LogP contribution in [-0.4, -0.2) is 4.98 Å². The third kappa shape index (κ3) is 2.45. The van der Waals surface area contributed by atoms with Crippen molar-refractivity contribution in [3.63, 3.8) is 0 Å². The molecule has 0 spiro atoms. The second-order valence-corrected chi connectivity index (χ2v) is 4.48. The zero-order chi connectivity index (χ0) is 10.7. The van der Waals surface area contributed by atoms with E-state index in [4.69, 9.17) is 0 Å². The van der Waals surface area contributed by atoms with Crippen molar-refractivity contribution >= 4 is 15.9 Å². The summed E-state index contributed by atoms with van der Waals surface area (Å²) in [6, 6.07) is 12.5. The van der Waals surface area contributed by atoms with Gasteiger partial charge in [0.1, 0.15) is 0 Å². The van der Waals surface area contributed by atoms with E-state index in [1.807, 2.05) is 12.3 Å². The van der Waals surface area contributed by atoms with Crippen LogP contribution in [0.1, 0.15) is 24.0 Å². The molecule has 0 amide bonds. The molecule has 1 aromatic heterocycles. The van der Waals surface area contributed by atoms with Crippen molar-refractivity contribution in [2.45, 2.75) is 12.8 Å². The highest BCUT2D eigenvalue weighted by Crippen LogP contribution is 2.24. The van der Waals surface area contributed by atoms with Gasteiger partial charge in [-0.1, -0.05) is 41.1 Å². The number of hydrogen-bond donors (Lipinski definition) is 0. The summed E-state index contributed by atoms with van der Waals surface area (Å²) in [6.45, 7) is 2.19. The monoisotopic (exact) mass is 261 g/mol. The molecule has 2 aromatic rings. The van der Waals surface area contributed by atoms with E-state index >= 15 is 0 Å². The molecule has 0 saturated carbocycles. The Morgan fingerprint density at radius 2 is 1.80 bits per heavy atom. The molecule has 1 nitrogen and oxygen atoms in total. The second kappa shape index (κ2) is 4.58. The third-order valence-electron chi connectivity index (χ3n) is 2.55. The average molecular weight is 262 g/mol. The molecule has 0 fully saturated rings. The van der Waals surface area contributed by atoms with Gasteiger partial charge in [0.25, 0.3) is 0 Å². The SMILES string of the molecule is CC(c1ccc(Br)cc1)c1cccnc1. The summed E-state index contributed by atoms with van der Waals surface area (Å²) < 4.78 is 1.12. The molecule has 1 atom stereocenters. The van der Waals surface area contributed by atoms with Gasteiger partial charge in [-0.3, -0.25) is 4.98 Å². The van der Waals surface area contributed by atoms with E-state index in [-0.39, 0.29) is 0 Å². The largest absolute Gasteiger partial charge is 0.264 e. The highest BCUT2D eigenvalue weighted by molar-refractivity contribution is 9.10. The molecule has 0 aliphatic rings. The Hall–Kier alpha value is -1.15. The van der Waals surface area contributed by atoms with Crippen LogP contribution < -0.4 is 0 Å². The molecular formula is C13H12BrN. The first-order valence-corrected chi connectivity index (χ1v) is 5.72. The highest BCUT2D eigenvalue weighted by atomic mass is 79.9. The molecule has 0 N–H and O–H groups in total. The molecule has 2 heteroatoms. The van der Waals surface area contributed by atoms with E-state index in [2.05, 4.69) is 58.2 Å². The van der Waals surface area contributed by atoms with Crippen LogP contribution in [0.3, 0.4) is 0 Å². The number of hydrogen-bond acceptors (Lipinski definition) is 1. The maximum atomic E-state index is 4.14. The van der Waals surface area contributed by atoms with Crippen molar-refractivity contribution < 1.29 is 0 Å². The van der Waals surface area contributed by atoms with Crippen molar-refractivity contribution in [3.05, 3.63) is 64.4 Å². The number of aromatic nitrogens is 1. The Bertz CT molecular complexity index is 422. The van der Waals surface area contributed by atoms with Gasteiger partial charge in [0.2, 0.25) is 0 Å². The highest BCUT2D eigenvalue weighted by Gasteiger charge is 2.07. The molecule has 76 valence electrons. The maximum absolute atomic E-state index is 4.14. The van der Waals surface area contributed by atoms with Gasteiger partial charge >= 0.3 is 0 Å². The quantitative estimate of drug-likeness (QED) is 0.797. The molecule has 1 aromatic carbocycles. The summed E-state index contributed by atoms with van der Waals surface area (Å²) in [5.41, 5.74) is 2.56. The van der Waals surface area contributed by atoms with E-state index < -0.39 is 0 Å². The van der Waals surface area contributed by atoms with Crippen LogP contribution in [0.25, 0.3) is 0 Å². The van der Waals surface area contributed by atoms with E-state index in [1.165, 1.54) is 11.1 Å². The van der Waals surface area contributed by atoms with Gasteiger partial charge in [-0.25, -0.2) is 0 Å². The number of halogens is 1. The Morgan fingerprint density at radius 3 is 2.40 bits per heavy atom.